The van der Waals surface area contributed by atoms with Gasteiger partial charge in [-0.3, -0.25) is 9.59 Å². The van der Waals surface area contributed by atoms with E-state index in [1.165, 1.54) is 4.90 Å². The molecular weight excluding hydrogens is 332 g/mol. The van der Waals surface area contributed by atoms with Gasteiger partial charge in [-0.15, -0.1) is 0 Å². The molecule has 0 radical (unpaired) electrons. The van der Waals surface area contributed by atoms with Crippen molar-refractivity contribution in [1.29, 1.82) is 0 Å². The van der Waals surface area contributed by atoms with E-state index in [4.69, 9.17) is 9.47 Å². The number of hydrogen-bond donors (Lipinski definition) is 1. The lowest BCUT2D eigenvalue weighted by Crippen LogP contribution is -2.38. The van der Waals surface area contributed by atoms with Gasteiger partial charge in [0.25, 0.3) is 0 Å². The summed E-state index contributed by atoms with van der Waals surface area (Å²) in [6.07, 6.45) is 0.244. The topological polar surface area (TPSA) is 67.9 Å². The number of carbonyl (C=O) groups excluding carboxylic acids is 2. The van der Waals surface area contributed by atoms with Crippen molar-refractivity contribution in [3.63, 3.8) is 0 Å². The molecule has 0 heterocycles. The van der Waals surface area contributed by atoms with Crippen LogP contribution in [0.1, 0.15) is 12.5 Å². The highest BCUT2D eigenvalue weighted by Gasteiger charge is 2.16. The number of methoxy groups -OCH3 is 2. The lowest BCUT2D eigenvalue weighted by Gasteiger charge is -2.20. The van der Waals surface area contributed by atoms with Crippen LogP contribution in [0.5, 0.6) is 11.5 Å². The minimum Gasteiger partial charge on any atom is -0.497 e. The van der Waals surface area contributed by atoms with Gasteiger partial charge in [0.1, 0.15) is 11.5 Å². The summed E-state index contributed by atoms with van der Waals surface area (Å²) in [7, 11) is 3.18. The number of amides is 2. The van der Waals surface area contributed by atoms with Gasteiger partial charge in [-0.25, -0.2) is 0 Å². The summed E-state index contributed by atoms with van der Waals surface area (Å²) in [4.78, 5) is 26.2. The molecule has 6 nitrogen and oxygen atoms in total. The molecule has 1 N–H and O–H groups in total. The zero-order valence-electron chi connectivity index (χ0n) is 15.3. The first kappa shape index (κ1) is 19.3. The first-order valence-corrected chi connectivity index (χ1v) is 8.40. The molecule has 0 aliphatic heterocycles. The number of benzene rings is 2. The third-order valence-corrected chi connectivity index (χ3v) is 3.96. The Labute approximate surface area is 153 Å². The summed E-state index contributed by atoms with van der Waals surface area (Å²) in [5.74, 6) is 1.13. The minimum atomic E-state index is -0.236. The molecule has 0 saturated carbocycles. The Hall–Kier alpha value is -3.02. The summed E-state index contributed by atoms with van der Waals surface area (Å²) in [6.45, 7) is 2.33. The van der Waals surface area contributed by atoms with Crippen molar-refractivity contribution in [2.24, 2.45) is 0 Å². The number of ether oxygens (including phenoxy) is 2. The van der Waals surface area contributed by atoms with E-state index in [2.05, 4.69) is 5.32 Å². The Morgan fingerprint density at radius 1 is 0.923 bits per heavy atom. The number of nitrogens with one attached hydrogen (secondary N) is 1. The minimum absolute atomic E-state index is 0.0114. The number of carbonyl (C=O) groups is 2. The molecule has 0 aliphatic carbocycles. The number of nitrogens with zero attached hydrogens (tertiary/aromatic N) is 1. The van der Waals surface area contributed by atoms with E-state index in [1.54, 1.807) is 38.5 Å². The average Bonchev–Trinajstić information content (AvgIpc) is 2.67. The molecule has 6 heteroatoms. The van der Waals surface area contributed by atoms with Crippen LogP contribution in [-0.4, -0.2) is 44.0 Å². The van der Waals surface area contributed by atoms with Crippen molar-refractivity contribution in [2.45, 2.75) is 13.3 Å². The van der Waals surface area contributed by atoms with Crippen LogP contribution < -0.4 is 14.8 Å². The van der Waals surface area contributed by atoms with Gasteiger partial charge < -0.3 is 19.7 Å². The highest BCUT2D eigenvalue weighted by atomic mass is 16.5. The number of hydrogen-bond acceptors (Lipinski definition) is 4. The molecule has 0 saturated heterocycles. The van der Waals surface area contributed by atoms with E-state index >= 15 is 0 Å². The van der Waals surface area contributed by atoms with Crippen molar-refractivity contribution < 1.29 is 19.1 Å². The maximum atomic E-state index is 12.5. The second kappa shape index (κ2) is 9.46. The second-order valence-electron chi connectivity index (χ2n) is 5.71. The predicted octanol–water partition coefficient (Wildman–Crippen LogP) is 2.73. The van der Waals surface area contributed by atoms with Crippen LogP contribution in [0.2, 0.25) is 0 Å². The van der Waals surface area contributed by atoms with Crippen LogP contribution in [-0.2, 0) is 16.0 Å². The third-order valence-electron chi connectivity index (χ3n) is 3.96. The van der Waals surface area contributed by atoms with Crippen LogP contribution in [0.4, 0.5) is 5.69 Å². The molecule has 0 fully saturated rings. The van der Waals surface area contributed by atoms with Gasteiger partial charge in [-0.05, 0) is 48.9 Å². The van der Waals surface area contributed by atoms with E-state index in [1.807, 2.05) is 31.2 Å². The van der Waals surface area contributed by atoms with E-state index in [0.29, 0.717) is 18.0 Å². The molecule has 0 bridgehead atoms. The number of likely N-dealkylation sites (N-methyl/N-ethyl adjacent to an activating group) is 1. The molecule has 2 amide bonds. The molecule has 26 heavy (non-hydrogen) atoms. The summed E-state index contributed by atoms with van der Waals surface area (Å²) in [6, 6.07) is 14.4. The zero-order valence-corrected chi connectivity index (χ0v) is 15.3. The molecule has 2 aromatic carbocycles. The Balaban J connectivity index is 1.91. The van der Waals surface area contributed by atoms with E-state index in [9.17, 15) is 9.59 Å². The Kier molecular flexibility index (Phi) is 7.02. The van der Waals surface area contributed by atoms with Gasteiger partial charge in [-0.2, -0.15) is 0 Å². The van der Waals surface area contributed by atoms with Gasteiger partial charge >= 0.3 is 0 Å². The molecule has 0 aromatic heterocycles. The summed E-state index contributed by atoms with van der Waals surface area (Å²) in [5.41, 5.74) is 1.54. The van der Waals surface area contributed by atoms with Crippen molar-refractivity contribution >= 4 is 17.5 Å². The standard InChI is InChI=1S/C20H24N2O4/c1-4-22(20(24)13-15-5-9-17(25-2)10-6-15)14-19(23)21-16-7-11-18(26-3)12-8-16/h5-12H,4,13-14H2,1-3H3,(H,21,23). The summed E-state index contributed by atoms with van der Waals surface area (Å²) < 4.78 is 10.2. The maximum Gasteiger partial charge on any atom is 0.243 e. The van der Waals surface area contributed by atoms with Crippen molar-refractivity contribution in [3.05, 3.63) is 54.1 Å². The van der Waals surface area contributed by atoms with Gasteiger partial charge in [0.05, 0.1) is 27.2 Å². The summed E-state index contributed by atoms with van der Waals surface area (Å²) >= 11 is 0. The SMILES string of the molecule is CCN(CC(=O)Nc1ccc(OC)cc1)C(=O)Cc1ccc(OC)cc1. The van der Waals surface area contributed by atoms with Crippen molar-refractivity contribution in [1.82, 2.24) is 4.90 Å². The number of anilines is 1. The van der Waals surface area contributed by atoms with E-state index in [0.717, 1.165) is 11.3 Å². The zero-order chi connectivity index (χ0) is 18.9. The van der Waals surface area contributed by atoms with E-state index < -0.39 is 0 Å². The lowest BCUT2D eigenvalue weighted by atomic mass is 10.1. The monoisotopic (exact) mass is 356 g/mol. The van der Waals surface area contributed by atoms with Crippen LogP contribution in [0.25, 0.3) is 0 Å². The van der Waals surface area contributed by atoms with Crippen LogP contribution in [0.3, 0.4) is 0 Å². The fourth-order valence-electron chi connectivity index (χ4n) is 2.45. The molecule has 138 valence electrons. The van der Waals surface area contributed by atoms with Crippen LogP contribution in [0, 0.1) is 0 Å². The Morgan fingerprint density at radius 2 is 1.46 bits per heavy atom. The Morgan fingerprint density at radius 3 is 1.96 bits per heavy atom. The molecule has 0 aliphatic rings. The first-order chi connectivity index (χ1) is 12.5. The first-order valence-electron chi connectivity index (χ1n) is 8.40. The lowest BCUT2D eigenvalue weighted by molar-refractivity contribution is -0.133. The predicted molar refractivity (Wildman–Crippen MR) is 101 cm³/mol. The normalized spacial score (nSPS) is 10.1. The molecule has 0 unspecified atom stereocenters. The van der Waals surface area contributed by atoms with Crippen molar-refractivity contribution in [3.8, 4) is 11.5 Å². The van der Waals surface area contributed by atoms with Crippen LogP contribution in [0.15, 0.2) is 48.5 Å². The van der Waals surface area contributed by atoms with Gasteiger partial charge in [0.15, 0.2) is 0 Å². The molecule has 0 spiro atoms. The van der Waals surface area contributed by atoms with Gasteiger partial charge in [0.2, 0.25) is 11.8 Å². The molecule has 2 aromatic rings. The fraction of sp³-hybridized carbons (Fsp3) is 0.300. The third kappa shape index (κ3) is 5.51. The highest BCUT2D eigenvalue weighted by Crippen LogP contribution is 2.15. The Bertz CT molecular complexity index is 726. The van der Waals surface area contributed by atoms with E-state index in [-0.39, 0.29) is 24.8 Å². The maximum absolute atomic E-state index is 12.5. The summed E-state index contributed by atoms with van der Waals surface area (Å²) in [5, 5.41) is 2.79. The molecule has 0 atom stereocenters. The average molecular weight is 356 g/mol. The largest absolute Gasteiger partial charge is 0.497 e. The molecular formula is C20H24N2O4. The van der Waals surface area contributed by atoms with Gasteiger partial charge in [0, 0.05) is 12.2 Å². The number of rotatable bonds is 8. The fourth-order valence-corrected chi connectivity index (χ4v) is 2.45. The quantitative estimate of drug-likeness (QED) is 0.790. The van der Waals surface area contributed by atoms with Crippen LogP contribution >= 0.6 is 0 Å². The smallest absolute Gasteiger partial charge is 0.243 e. The second-order valence-corrected chi connectivity index (χ2v) is 5.71. The van der Waals surface area contributed by atoms with Crippen molar-refractivity contribution in [2.75, 3.05) is 32.6 Å². The highest BCUT2D eigenvalue weighted by molar-refractivity contribution is 5.94. The van der Waals surface area contributed by atoms with Gasteiger partial charge in [-0.1, -0.05) is 12.1 Å². The molecule has 2 rings (SSSR count).